The fraction of sp³-hybridized carbons (Fsp3) is 0.100. The number of carbonyl (C=O) groups excluding carboxylic acids is 3. The summed E-state index contributed by atoms with van der Waals surface area (Å²) in [5, 5.41) is 17.3. The van der Waals surface area contributed by atoms with Gasteiger partial charge < -0.3 is 16.0 Å². The fourth-order valence-electron chi connectivity index (χ4n) is 2.14. The molecular weight excluding hydrogens is 344 g/mol. The lowest BCUT2D eigenvalue weighted by molar-refractivity contribution is -0.114. The molecule has 0 unspecified atom stereocenters. The summed E-state index contributed by atoms with van der Waals surface area (Å²) in [6.07, 6.45) is 1.30. The van der Waals surface area contributed by atoms with Crippen molar-refractivity contribution in [2.45, 2.75) is 13.8 Å². The summed E-state index contributed by atoms with van der Waals surface area (Å²) in [6, 6.07) is 15.0. The Bertz CT molecular complexity index is 923. The number of nitriles is 1. The van der Waals surface area contributed by atoms with Gasteiger partial charge in [0.05, 0.1) is 0 Å². The van der Waals surface area contributed by atoms with Gasteiger partial charge >= 0.3 is 0 Å². The first kappa shape index (κ1) is 19.4. The zero-order valence-electron chi connectivity index (χ0n) is 14.9. The molecule has 3 N–H and O–H groups in total. The minimum atomic E-state index is -0.572. The molecule has 0 radical (unpaired) electrons. The zero-order valence-corrected chi connectivity index (χ0v) is 14.9. The summed E-state index contributed by atoms with van der Waals surface area (Å²) in [6.45, 7) is 2.88. The van der Waals surface area contributed by atoms with E-state index in [-0.39, 0.29) is 17.3 Å². The van der Waals surface area contributed by atoms with Crippen molar-refractivity contribution in [2.24, 2.45) is 0 Å². The molecule has 0 saturated heterocycles. The molecule has 0 aromatic heterocycles. The van der Waals surface area contributed by atoms with Crippen molar-refractivity contribution in [3.8, 4) is 6.07 Å². The number of nitrogens with one attached hydrogen (secondary N) is 3. The molecule has 2 rings (SSSR count). The average Bonchev–Trinajstić information content (AvgIpc) is 2.64. The molecule has 27 heavy (non-hydrogen) atoms. The highest BCUT2D eigenvalue weighted by atomic mass is 16.2. The number of ketones is 1. The summed E-state index contributed by atoms with van der Waals surface area (Å²) in [5.74, 6) is -0.805. The number of anilines is 3. The lowest BCUT2D eigenvalue weighted by Gasteiger charge is -2.07. The van der Waals surface area contributed by atoms with E-state index in [9.17, 15) is 19.6 Å². The molecular formula is C20H18N4O3. The van der Waals surface area contributed by atoms with Gasteiger partial charge in [-0.2, -0.15) is 5.26 Å². The lowest BCUT2D eigenvalue weighted by Crippen LogP contribution is -2.14. The standard InChI is InChI=1S/C20H18N4O3/c1-13(25)15-3-5-17(6-4-15)22-12-16(11-21)20(27)24-19-9-7-18(8-10-19)23-14(2)26/h3-10,12,22H,1-2H3,(H,23,26)(H,24,27)/b16-12-. The summed E-state index contributed by atoms with van der Waals surface area (Å²) < 4.78 is 0. The van der Waals surface area contributed by atoms with Crippen LogP contribution in [0.1, 0.15) is 24.2 Å². The fourth-order valence-corrected chi connectivity index (χ4v) is 2.14. The SMILES string of the molecule is CC(=O)Nc1ccc(NC(=O)/C(C#N)=C\Nc2ccc(C(C)=O)cc2)cc1. The smallest absolute Gasteiger partial charge is 0.267 e. The normalized spacial score (nSPS) is 10.5. The number of hydrogen-bond acceptors (Lipinski definition) is 5. The van der Waals surface area contributed by atoms with Crippen LogP contribution in [0.4, 0.5) is 17.1 Å². The third-order valence-electron chi connectivity index (χ3n) is 3.50. The van der Waals surface area contributed by atoms with Gasteiger partial charge in [-0.1, -0.05) is 0 Å². The van der Waals surface area contributed by atoms with Gasteiger partial charge in [0.2, 0.25) is 5.91 Å². The van der Waals surface area contributed by atoms with Crippen molar-refractivity contribution in [3.05, 3.63) is 65.9 Å². The number of nitrogens with zero attached hydrogens (tertiary/aromatic N) is 1. The summed E-state index contributed by atoms with van der Waals surface area (Å²) in [7, 11) is 0. The van der Waals surface area contributed by atoms with Crippen molar-refractivity contribution in [3.63, 3.8) is 0 Å². The Morgan fingerprint density at radius 1 is 0.852 bits per heavy atom. The third kappa shape index (κ3) is 5.83. The van der Waals surface area contributed by atoms with Gasteiger partial charge in [0.1, 0.15) is 11.6 Å². The van der Waals surface area contributed by atoms with Crippen molar-refractivity contribution >= 4 is 34.7 Å². The second-order valence-electron chi connectivity index (χ2n) is 5.66. The number of hydrogen-bond donors (Lipinski definition) is 3. The third-order valence-corrected chi connectivity index (χ3v) is 3.50. The summed E-state index contributed by atoms with van der Waals surface area (Å²) >= 11 is 0. The van der Waals surface area contributed by atoms with E-state index in [4.69, 9.17) is 0 Å². The molecule has 0 heterocycles. The minimum Gasteiger partial charge on any atom is -0.360 e. The van der Waals surface area contributed by atoms with Gasteiger partial charge in [0.15, 0.2) is 5.78 Å². The molecule has 0 aliphatic rings. The van der Waals surface area contributed by atoms with Gasteiger partial charge in [-0.3, -0.25) is 14.4 Å². The Morgan fingerprint density at radius 3 is 1.85 bits per heavy atom. The number of benzene rings is 2. The van der Waals surface area contributed by atoms with Crippen LogP contribution in [0.3, 0.4) is 0 Å². The van der Waals surface area contributed by atoms with Gasteiger partial charge in [-0.25, -0.2) is 0 Å². The van der Waals surface area contributed by atoms with Gasteiger partial charge in [-0.05, 0) is 55.5 Å². The van der Waals surface area contributed by atoms with E-state index in [0.717, 1.165) is 0 Å². The quantitative estimate of drug-likeness (QED) is 0.415. The van der Waals surface area contributed by atoms with Crippen LogP contribution in [-0.2, 0) is 9.59 Å². The van der Waals surface area contributed by atoms with Gasteiger partial charge in [-0.15, -0.1) is 0 Å². The van der Waals surface area contributed by atoms with Crippen molar-refractivity contribution < 1.29 is 14.4 Å². The molecule has 2 aromatic rings. The molecule has 0 aliphatic heterocycles. The second-order valence-corrected chi connectivity index (χ2v) is 5.66. The van der Waals surface area contributed by atoms with E-state index >= 15 is 0 Å². The lowest BCUT2D eigenvalue weighted by atomic mass is 10.1. The monoisotopic (exact) mass is 362 g/mol. The predicted octanol–water partition coefficient (Wildman–Crippen LogP) is 3.31. The molecule has 7 nitrogen and oxygen atoms in total. The van der Waals surface area contributed by atoms with E-state index < -0.39 is 5.91 Å². The van der Waals surface area contributed by atoms with Crippen LogP contribution < -0.4 is 16.0 Å². The maximum absolute atomic E-state index is 12.2. The van der Waals surface area contributed by atoms with Crippen LogP contribution >= 0.6 is 0 Å². The molecule has 0 spiro atoms. The molecule has 136 valence electrons. The van der Waals surface area contributed by atoms with Crippen LogP contribution in [0.2, 0.25) is 0 Å². The van der Waals surface area contributed by atoms with Gasteiger partial charge in [0, 0.05) is 35.7 Å². The van der Waals surface area contributed by atoms with E-state index in [1.165, 1.54) is 20.0 Å². The topological polar surface area (TPSA) is 111 Å². The highest BCUT2D eigenvalue weighted by Crippen LogP contribution is 2.15. The minimum absolute atomic E-state index is 0.0429. The number of amides is 2. The van der Waals surface area contributed by atoms with Crippen LogP contribution in [0.15, 0.2) is 60.3 Å². The van der Waals surface area contributed by atoms with E-state index in [1.807, 2.05) is 6.07 Å². The summed E-state index contributed by atoms with van der Waals surface area (Å²) in [5.41, 5.74) is 2.19. The number of rotatable bonds is 6. The largest absolute Gasteiger partial charge is 0.360 e. The van der Waals surface area contributed by atoms with Crippen LogP contribution in [-0.4, -0.2) is 17.6 Å². The highest BCUT2D eigenvalue weighted by molar-refractivity contribution is 6.06. The Kier molecular flexibility index (Phi) is 6.44. The molecule has 0 bridgehead atoms. The number of Topliss-reactive ketones (excluding diaryl/α,β-unsaturated/α-hetero) is 1. The van der Waals surface area contributed by atoms with E-state index in [1.54, 1.807) is 48.5 Å². The molecule has 7 heteroatoms. The highest BCUT2D eigenvalue weighted by Gasteiger charge is 2.09. The predicted molar refractivity (Wildman–Crippen MR) is 103 cm³/mol. The van der Waals surface area contributed by atoms with Crippen molar-refractivity contribution in [1.82, 2.24) is 0 Å². The molecule has 2 aromatic carbocycles. The second kappa shape index (κ2) is 8.97. The maximum Gasteiger partial charge on any atom is 0.267 e. The molecule has 2 amide bonds. The number of carbonyl (C=O) groups is 3. The van der Waals surface area contributed by atoms with Crippen LogP contribution in [0.5, 0.6) is 0 Å². The summed E-state index contributed by atoms with van der Waals surface area (Å²) in [4.78, 5) is 34.5. The maximum atomic E-state index is 12.2. The molecule has 0 atom stereocenters. The van der Waals surface area contributed by atoms with E-state index in [0.29, 0.717) is 22.6 Å². The van der Waals surface area contributed by atoms with Crippen molar-refractivity contribution in [2.75, 3.05) is 16.0 Å². The Balaban J connectivity index is 2.02. The molecule has 0 saturated carbocycles. The Labute approximate surface area is 156 Å². The zero-order chi connectivity index (χ0) is 19.8. The van der Waals surface area contributed by atoms with E-state index in [2.05, 4.69) is 16.0 Å². The first-order valence-corrected chi connectivity index (χ1v) is 8.06. The Morgan fingerprint density at radius 2 is 1.37 bits per heavy atom. The molecule has 0 aliphatic carbocycles. The Hall–Kier alpha value is -3.92. The van der Waals surface area contributed by atoms with Crippen LogP contribution in [0, 0.1) is 11.3 Å². The van der Waals surface area contributed by atoms with Gasteiger partial charge in [0.25, 0.3) is 5.91 Å². The average molecular weight is 362 g/mol. The first-order chi connectivity index (χ1) is 12.9. The first-order valence-electron chi connectivity index (χ1n) is 8.06. The van der Waals surface area contributed by atoms with Crippen LogP contribution in [0.25, 0.3) is 0 Å². The van der Waals surface area contributed by atoms with Crippen molar-refractivity contribution in [1.29, 1.82) is 5.26 Å². The molecule has 0 fully saturated rings.